The summed E-state index contributed by atoms with van der Waals surface area (Å²) in [6.45, 7) is 14.8. The van der Waals surface area contributed by atoms with Crippen molar-refractivity contribution in [3.63, 3.8) is 0 Å². The number of aliphatic imine (C=N–C) groups is 1. The van der Waals surface area contributed by atoms with Crippen molar-refractivity contribution in [2.75, 3.05) is 52.5 Å². The highest BCUT2D eigenvalue weighted by atomic mass is 127. The van der Waals surface area contributed by atoms with Gasteiger partial charge in [-0.1, -0.05) is 19.0 Å². The number of guanidine groups is 1. The van der Waals surface area contributed by atoms with Crippen LogP contribution < -0.4 is 5.32 Å². The van der Waals surface area contributed by atoms with Crippen molar-refractivity contribution in [3.05, 3.63) is 17.5 Å². The van der Waals surface area contributed by atoms with Crippen molar-refractivity contribution in [2.24, 2.45) is 10.9 Å². The van der Waals surface area contributed by atoms with Crippen LogP contribution in [-0.4, -0.2) is 84.6 Å². The maximum atomic E-state index is 10.1. The topological polar surface area (TPSA) is 86.4 Å². The minimum Gasteiger partial charge on any atom is -0.389 e. The molecular formula is C19H36IN5O3. The summed E-state index contributed by atoms with van der Waals surface area (Å²) in [4.78, 5) is 9.22. The molecule has 1 unspecified atom stereocenters. The average molecular weight is 509 g/mol. The third kappa shape index (κ3) is 9.06. The van der Waals surface area contributed by atoms with E-state index in [-0.39, 0.29) is 24.0 Å². The minimum atomic E-state index is -0.575. The lowest BCUT2D eigenvalue weighted by molar-refractivity contribution is 0.0300. The Kier molecular flexibility index (Phi) is 12.0. The minimum absolute atomic E-state index is 0. The summed E-state index contributed by atoms with van der Waals surface area (Å²) >= 11 is 0. The number of aryl methyl sites for hydroxylation is 1. The average Bonchev–Trinajstić information content (AvgIpc) is 3.04. The molecular weight excluding hydrogens is 473 g/mol. The van der Waals surface area contributed by atoms with E-state index in [1.165, 1.54) is 0 Å². The van der Waals surface area contributed by atoms with Crippen molar-refractivity contribution < 1.29 is 14.4 Å². The van der Waals surface area contributed by atoms with Crippen LogP contribution >= 0.6 is 24.0 Å². The van der Waals surface area contributed by atoms with Crippen LogP contribution in [0.15, 0.2) is 15.6 Å². The van der Waals surface area contributed by atoms with Gasteiger partial charge in [-0.25, -0.2) is 0 Å². The Balaban J connectivity index is 0.00000392. The van der Waals surface area contributed by atoms with E-state index in [0.29, 0.717) is 25.7 Å². The Labute approximate surface area is 185 Å². The van der Waals surface area contributed by atoms with Crippen LogP contribution in [0.25, 0.3) is 0 Å². The van der Waals surface area contributed by atoms with Crippen molar-refractivity contribution in [2.45, 2.75) is 40.3 Å². The van der Waals surface area contributed by atoms with Gasteiger partial charge in [0.1, 0.15) is 5.76 Å². The summed E-state index contributed by atoms with van der Waals surface area (Å²) in [6.07, 6.45) is -0.575. The first kappa shape index (κ1) is 25.1. The zero-order chi connectivity index (χ0) is 19.6. The van der Waals surface area contributed by atoms with Crippen molar-refractivity contribution >= 4 is 29.9 Å². The molecule has 1 fully saturated rings. The second-order valence-electron chi connectivity index (χ2n) is 7.47. The molecule has 2 N–H and O–H groups in total. The van der Waals surface area contributed by atoms with Gasteiger partial charge in [0, 0.05) is 51.9 Å². The summed E-state index contributed by atoms with van der Waals surface area (Å²) in [5.41, 5.74) is 0.978. The molecule has 2 rings (SSSR count). The monoisotopic (exact) mass is 509 g/mol. The predicted octanol–water partition coefficient (Wildman–Crippen LogP) is 1.72. The third-order valence-electron chi connectivity index (χ3n) is 4.28. The van der Waals surface area contributed by atoms with Crippen molar-refractivity contribution in [1.82, 2.24) is 20.3 Å². The molecule has 1 aromatic heterocycles. The Morgan fingerprint density at radius 1 is 1.32 bits per heavy atom. The van der Waals surface area contributed by atoms with E-state index in [9.17, 15) is 5.11 Å². The second-order valence-corrected chi connectivity index (χ2v) is 7.47. The molecule has 1 aliphatic heterocycles. The Morgan fingerprint density at radius 2 is 2.04 bits per heavy atom. The van der Waals surface area contributed by atoms with E-state index in [1.54, 1.807) is 0 Å². The van der Waals surface area contributed by atoms with Crippen LogP contribution in [0.2, 0.25) is 0 Å². The highest BCUT2D eigenvalue weighted by Gasteiger charge is 2.20. The first-order chi connectivity index (χ1) is 13.0. The Morgan fingerprint density at radius 3 is 2.61 bits per heavy atom. The van der Waals surface area contributed by atoms with Crippen LogP contribution in [0.3, 0.4) is 0 Å². The molecule has 0 saturated carbocycles. The number of rotatable bonds is 9. The molecule has 28 heavy (non-hydrogen) atoms. The van der Waals surface area contributed by atoms with Gasteiger partial charge in [-0.3, -0.25) is 9.89 Å². The predicted molar refractivity (Wildman–Crippen MR) is 121 cm³/mol. The summed E-state index contributed by atoms with van der Waals surface area (Å²) < 4.78 is 10.6. The molecule has 0 bridgehead atoms. The lowest BCUT2D eigenvalue weighted by atomic mass is 10.2. The van der Waals surface area contributed by atoms with E-state index in [4.69, 9.17) is 9.26 Å². The standard InChI is InChI=1S/C19H35N5O3.HI/c1-5-20-19(21-11-18(25)14-26-13-15(2)3)24-8-6-23(7-9-24)12-17-10-16(4)27-22-17;/h10,15,18,25H,5-9,11-14H2,1-4H3,(H,20,21);1H. The van der Waals surface area contributed by atoms with Crippen molar-refractivity contribution in [1.29, 1.82) is 0 Å². The smallest absolute Gasteiger partial charge is 0.194 e. The Bertz CT molecular complexity index is 574. The molecule has 1 aliphatic rings. The maximum Gasteiger partial charge on any atom is 0.194 e. The Hall–Kier alpha value is -0.910. The molecule has 9 heteroatoms. The highest BCUT2D eigenvalue weighted by molar-refractivity contribution is 14.0. The van der Waals surface area contributed by atoms with Crippen LogP contribution in [0.1, 0.15) is 32.2 Å². The van der Waals surface area contributed by atoms with Crippen LogP contribution in [-0.2, 0) is 11.3 Å². The van der Waals surface area contributed by atoms with E-state index in [1.807, 2.05) is 13.0 Å². The van der Waals surface area contributed by atoms with Crippen molar-refractivity contribution in [3.8, 4) is 0 Å². The molecule has 0 amide bonds. The number of aliphatic hydroxyl groups excluding tert-OH is 1. The van der Waals surface area contributed by atoms with Crippen LogP contribution in [0.4, 0.5) is 0 Å². The first-order valence-corrected chi connectivity index (χ1v) is 9.91. The number of halogens is 1. The SMILES string of the molecule is CCNC(=NCC(O)COCC(C)C)N1CCN(Cc2cc(C)on2)CC1.I. The van der Waals surface area contributed by atoms with Gasteiger partial charge in [-0.05, 0) is 19.8 Å². The summed E-state index contributed by atoms with van der Waals surface area (Å²) in [5, 5.41) is 17.5. The molecule has 0 radical (unpaired) electrons. The van der Waals surface area contributed by atoms with Gasteiger partial charge < -0.3 is 24.6 Å². The number of aliphatic hydroxyl groups is 1. The third-order valence-corrected chi connectivity index (χ3v) is 4.28. The number of aromatic nitrogens is 1. The molecule has 2 heterocycles. The van der Waals surface area contributed by atoms with Crippen LogP contribution in [0, 0.1) is 12.8 Å². The number of hydrogen-bond donors (Lipinski definition) is 2. The molecule has 8 nitrogen and oxygen atoms in total. The summed E-state index contributed by atoms with van der Waals surface area (Å²) in [5.74, 6) is 2.17. The summed E-state index contributed by atoms with van der Waals surface area (Å²) in [6, 6.07) is 1.99. The van der Waals surface area contributed by atoms with E-state index >= 15 is 0 Å². The summed E-state index contributed by atoms with van der Waals surface area (Å²) in [7, 11) is 0. The lowest BCUT2D eigenvalue weighted by Crippen LogP contribution is -2.52. The zero-order valence-electron chi connectivity index (χ0n) is 17.6. The van der Waals surface area contributed by atoms with E-state index in [2.05, 4.69) is 46.0 Å². The van der Waals surface area contributed by atoms with Gasteiger partial charge in [0.25, 0.3) is 0 Å². The number of ether oxygens (including phenoxy) is 1. The van der Waals surface area contributed by atoms with Gasteiger partial charge >= 0.3 is 0 Å². The zero-order valence-corrected chi connectivity index (χ0v) is 19.9. The fourth-order valence-electron chi connectivity index (χ4n) is 2.95. The molecule has 1 atom stereocenters. The van der Waals surface area contributed by atoms with Crippen LogP contribution in [0.5, 0.6) is 0 Å². The quantitative estimate of drug-likeness (QED) is 0.298. The van der Waals surface area contributed by atoms with Gasteiger partial charge in [0.05, 0.1) is 24.9 Å². The normalized spacial score (nSPS) is 16.9. The second kappa shape index (κ2) is 13.3. The molecule has 0 aliphatic carbocycles. The molecule has 0 spiro atoms. The molecule has 0 aromatic carbocycles. The number of nitrogens with one attached hydrogen (secondary N) is 1. The lowest BCUT2D eigenvalue weighted by Gasteiger charge is -2.36. The fraction of sp³-hybridized carbons (Fsp3) is 0.789. The van der Waals surface area contributed by atoms with E-state index < -0.39 is 6.10 Å². The first-order valence-electron chi connectivity index (χ1n) is 9.91. The maximum absolute atomic E-state index is 10.1. The molecule has 1 saturated heterocycles. The fourth-order valence-corrected chi connectivity index (χ4v) is 2.95. The largest absolute Gasteiger partial charge is 0.389 e. The number of piperazine rings is 1. The van der Waals surface area contributed by atoms with Gasteiger partial charge in [-0.15, -0.1) is 24.0 Å². The number of nitrogens with zero attached hydrogens (tertiary/aromatic N) is 4. The molecule has 162 valence electrons. The van der Waals surface area contributed by atoms with E-state index in [0.717, 1.165) is 56.7 Å². The van der Waals surface area contributed by atoms with Gasteiger partial charge in [-0.2, -0.15) is 0 Å². The van der Waals surface area contributed by atoms with Gasteiger partial charge in [0.2, 0.25) is 0 Å². The molecule has 1 aromatic rings. The number of hydrogen-bond acceptors (Lipinski definition) is 6. The van der Waals surface area contributed by atoms with Gasteiger partial charge in [0.15, 0.2) is 5.96 Å². The highest BCUT2D eigenvalue weighted by Crippen LogP contribution is 2.09.